The number of H-pyrrole nitrogens is 1. The third-order valence-electron chi connectivity index (χ3n) is 4.12. The molecular formula is C17H17FN4S2. The zero-order valence-electron chi connectivity index (χ0n) is 13.0. The van der Waals surface area contributed by atoms with E-state index in [1.165, 1.54) is 25.0 Å². The Kier molecular flexibility index (Phi) is 4.30. The van der Waals surface area contributed by atoms with Crippen LogP contribution in [-0.4, -0.2) is 25.7 Å². The molecule has 1 aromatic carbocycles. The summed E-state index contributed by atoms with van der Waals surface area (Å²) in [6.45, 7) is 1.44. The highest BCUT2D eigenvalue weighted by Gasteiger charge is 2.29. The van der Waals surface area contributed by atoms with Crippen LogP contribution in [0.5, 0.6) is 0 Å². The summed E-state index contributed by atoms with van der Waals surface area (Å²) < 4.78 is 15.6. The van der Waals surface area contributed by atoms with Gasteiger partial charge in [0.25, 0.3) is 0 Å². The van der Waals surface area contributed by atoms with Crippen LogP contribution in [0.4, 0.5) is 4.39 Å². The van der Waals surface area contributed by atoms with Crippen LogP contribution in [0.3, 0.4) is 0 Å². The number of aromatic nitrogens is 3. The van der Waals surface area contributed by atoms with Gasteiger partial charge in [0.15, 0.2) is 5.82 Å². The minimum atomic E-state index is -0.201. The van der Waals surface area contributed by atoms with E-state index in [9.17, 15) is 4.39 Å². The van der Waals surface area contributed by atoms with Gasteiger partial charge >= 0.3 is 0 Å². The maximum Gasteiger partial charge on any atom is 0.217 e. The second-order valence-electron chi connectivity index (χ2n) is 6.01. The number of benzene rings is 1. The van der Waals surface area contributed by atoms with Crippen molar-refractivity contribution in [1.82, 2.24) is 19.7 Å². The third kappa shape index (κ3) is 3.48. The molecule has 4 rings (SSSR count). The molecule has 0 saturated heterocycles. The van der Waals surface area contributed by atoms with E-state index < -0.39 is 0 Å². The van der Waals surface area contributed by atoms with Crippen molar-refractivity contribution < 1.29 is 4.39 Å². The first kappa shape index (κ1) is 15.7. The van der Waals surface area contributed by atoms with Crippen LogP contribution in [0.1, 0.15) is 18.4 Å². The molecule has 1 fully saturated rings. The molecule has 0 aliphatic heterocycles. The van der Waals surface area contributed by atoms with Crippen molar-refractivity contribution in [1.29, 1.82) is 0 Å². The lowest BCUT2D eigenvalue weighted by Gasteiger charge is -2.22. The Hall–Kier alpha value is -1.83. The molecule has 0 spiro atoms. The van der Waals surface area contributed by atoms with Crippen LogP contribution in [-0.2, 0) is 13.2 Å². The standard InChI is InChI=1S/C17H17FN4S2/c18-13-5-3-12(4-6-13)10-21(14-7-8-14)11-22-17(23)19-16(20-22)15-2-1-9-24-15/h1-6,9,14H,7-8,10-11H2,(H,19,20,23). The predicted molar refractivity (Wildman–Crippen MR) is 95.7 cm³/mol. The second kappa shape index (κ2) is 6.58. The molecule has 0 radical (unpaired) electrons. The molecule has 4 nitrogen and oxygen atoms in total. The zero-order valence-corrected chi connectivity index (χ0v) is 14.6. The lowest BCUT2D eigenvalue weighted by Crippen LogP contribution is -2.28. The Morgan fingerprint density at radius 1 is 1.29 bits per heavy atom. The fraction of sp³-hybridized carbons (Fsp3) is 0.294. The molecule has 7 heteroatoms. The smallest absolute Gasteiger partial charge is 0.217 e. The number of aromatic amines is 1. The first-order valence-electron chi connectivity index (χ1n) is 7.88. The van der Waals surface area contributed by atoms with E-state index in [0.717, 1.165) is 22.8 Å². The highest BCUT2D eigenvalue weighted by atomic mass is 32.1. The van der Waals surface area contributed by atoms with Gasteiger partial charge in [0.2, 0.25) is 4.77 Å². The van der Waals surface area contributed by atoms with Gasteiger partial charge in [0.1, 0.15) is 5.82 Å². The van der Waals surface area contributed by atoms with Gasteiger partial charge in [-0.3, -0.25) is 10.00 Å². The Balaban J connectivity index is 1.53. The van der Waals surface area contributed by atoms with Crippen molar-refractivity contribution in [2.24, 2.45) is 0 Å². The molecule has 1 N–H and O–H groups in total. The molecule has 0 amide bonds. The van der Waals surface area contributed by atoms with E-state index in [-0.39, 0.29) is 5.82 Å². The monoisotopic (exact) mass is 360 g/mol. The third-order valence-corrected chi connectivity index (χ3v) is 5.31. The Morgan fingerprint density at radius 2 is 2.08 bits per heavy atom. The van der Waals surface area contributed by atoms with E-state index in [1.54, 1.807) is 11.3 Å². The predicted octanol–water partition coefficient (Wildman–Crippen LogP) is 4.43. The minimum absolute atomic E-state index is 0.201. The number of halogens is 1. The van der Waals surface area contributed by atoms with Gasteiger partial charge < -0.3 is 0 Å². The van der Waals surface area contributed by atoms with E-state index in [2.05, 4.69) is 15.0 Å². The van der Waals surface area contributed by atoms with E-state index in [0.29, 0.717) is 17.5 Å². The minimum Gasteiger partial charge on any atom is -0.277 e. The van der Waals surface area contributed by atoms with E-state index >= 15 is 0 Å². The maximum absolute atomic E-state index is 13.1. The maximum atomic E-state index is 13.1. The highest BCUT2D eigenvalue weighted by molar-refractivity contribution is 7.71. The van der Waals surface area contributed by atoms with Crippen LogP contribution in [0.2, 0.25) is 0 Å². The molecule has 0 unspecified atom stereocenters. The van der Waals surface area contributed by atoms with Gasteiger partial charge in [-0.2, -0.15) is 4.98 Å². The first-order valence-corrected chi connectivity index (χ1v) is 9.17. The van der Waals surface area contributed by atoms with Gasteiger partial charge in [-0.1, -0.05) is 18.2 Å². The second-order valence-corrected chi connectivity index (χ2v) is 7.32. The Bertz CT molecular complexity index is 863. The Morgan fingerprint density at radius 3 is 2.75 bits per heavy atom. The van der Waals surface area contributed by atoms with Gasteiger partial charge in [0, 0.05) is 12.6 Å². The van der Waals surface area contributed by atoms with Crippen LogP contribution >= 0.6 is 23.6 Å². The van der Waals surface area contributed by atoms with Crippen molar-refractivity contribution >= 4 is 23.6 Å². The number of rotatable bonds is 6. The van der Waals surface area contributed by atoms with Crippen LogP contribution in [0.15, 0.2) is 41.8 Å². The normalized spacial score (nSPS) is 14.4. The average molecular weight is 360 g/mol. The van der Waals surface area contributed by atoms with Crippen LogP contribution in [0.25, 0.3) is 10.7 Å². The summed E-state index contributed by atoms with van der Waals surface area (Å²) in [5.74, 6) is 0.612. The lowest BCUT2D eigenvalue weighted by molar-refractivity contribution is 0.187. The van der Waals surface area contributed by atoms with Crippen molar-refractivity contribution in [3.63, 3.8) is 0 Å². The van der Waals surface area contributed by atoms with Gasteiger partial charge in [-0.05, 0) is 54.2 Å². The van der Waals surface area contributed by atoms with E-state index in [4.69, 9.17) is 12.2 Å². The molecule has 1 saturated carbocycles. The van der Waals surface area contributed by atoms with Gasteiger partial charge in [0.05, 0.1) is 11.5 Å². The molecule has 2 aromatic heterocycles. The summed E-state index contributed by atoms with van der Waals surface area (Å²) in [5.41, 5.74) is 1.10. The first-order chi connectivity index (χ1) is 11.7. The van der Waals surface area contributed by atoms with Crippen molar-refractivity contribution in [2.75, 3.05) is 0 Å². The molecule has 24 heavy (non-hydrogen) atoms. The molecular weight excluding hydrogens is 343 g/mol. The molecule has 1 aliphatic rings. The van der Waals surface area contributed by atoms with Crippen molar-refractivity contribution in [2.45, 2.75) is 32.1 Å². The zero-order chi connectivity index (χ0) is 16.5. The van der Waals surface area contributed by atoms with Crippen molar-refractivity contribution in [3.8, 4) is 10.7 Å². The van der Waals surface area contributed by atoms with Crippen molar-refractivity contribution in [3.05, 3.63) is 57.9 Å². The summed E-state index contributed by atoms with van der Waals surface area (Å²) in [4.78, 5) is 7.90. The summed E-state index contributed by atoms with van der Waals surface area (Å²) in [6.07, 6.45) is 2.39. The van der Waals surface area contributed by atoms with Crippen LogP contribution in [0, 0.1) is 10.6 Å². The largest absolute Gasteiger partial charge is 0.277 e. The number of nitrogens with one attached hydrogen (secondary N) is 1. The number of thiophene rings is 1. The molecule has 2 heterocycles. The molecule has 1 aliphatic carbocycles. The summed E-state index contributed by atoms with van der Waals surface area (Å²) in [6, 6.07) is 11.3. The highest BCUT2D eigenvalue weighted by Crippen LogP contribution is 2.29. The SMILES string of the molecule is Fc1ccc(CN(Cn2[nH]c(-c3cccs3)nc2=S)C2CC2)cc1. The summed E-state index contributed by atoms with van der Waals surface area (Å²) in [5, 5.41) is 5.33. The Labute approximate surface area is 148 Å². The molecule has 0 atom stereocenters. The number of nitrogens with zero attached hydrogens (tertiary/aromatic N) is 3. The topological polar surface area (TPSA) is 36.9 Å². The summed E-state index contributed by atoms with van der Waals surface area (Å²) >= 11 is 7.04. The number of hydrogen-bond donors (Lipinski definition) is 1. The van der Waals surface area contributed by atoms with E-state index in [1.807, 2.05) is 34.3 Å². The summed E-state index contributed by atoms with van der Waals surface area (Å²) in [7, 11) is 0. The molecule has 0 bridgehead atoms. The fourth-order valence-corrected chi connectivity index (χ4v) is 3.57. The fourth-order valence-electron chi connectivity index (χ4n) is 2.72. The quantitative estimate of drug-likeness (QED) is 0.661. The molecule has 124 valence electrons. The molecule has 3 aromatic rings. The lowest BCUT2D eigenvalue weighted by atomic mass is 10.2. The number of hydrogen-bond acceptors (Lipinski definition) is 4. The van der Waals surface area contributed by atoms with Crippen LogP contribution < -0.4 is 0 Å². The van der Waals surface area contributed by atoms with Gasteiger partial charge in [-0.15, -0.1) is 11.3 Å². The average Bonchev–Trinajstić information content (AvgIpc) is 3.15. The van der Waals surface area contributed by atoms with Gasteiger partial charge in [-0.25, -0.2) is 9.07 Å².